The molecule has 0 spiro atoms. The van der Waals surface area contributed by atoms with Crippen molar-refractivity contribution in [3.8, 4) is 0 Å². The van der Waals surface area contributed by atoms with E-state index in [1.54, 1.807) is 11.0 Å². The number of rotatable bonds is 7. The number of ether oxygens (including phenoxy) is 1. The van der Waals surface area contributed by atoms with Crippen molar-refractivity contribution in [2.24, 2.45) is 0 Å². The van der Waals surface area contributed by atoms with Gasteiger partial charge in [-0.05, 0) is 19.1 Å². The fourth-order valence-corrected chi connectivity index (χ4v) is 1.80. The summed E-state index contributed by atoms with van der Waals surface area (Å²) >= 11 is 0. The van der Waals surface area contributed by atoms with Gasteiger partial charge in [0.15, 0.2) is 0 Å². The number of para-hydroxylation sites is 1. The number of aromatic carboxylic acids is 1. The zero-order valence-electron chi connectivity index (χ0n) is 10.8. The Kier molecular flexibility index (Phi) is 5.25. The van der Waals surface area contributed by atoms with E-state index in [4.69, 9.17) is 9.84 Å². The summed E-state index contributed by atoms with van der Waals surface area (Å²) in [6, 6.07) is 4.28. The third-order valence-corrected chi connectivity index (χ3v) is 2.72. The maximum Gasteiger partial charge on any atom is 0.342 e. The highest BCUT2D eigenvalue weighted by Crippen LogP contribution is 2.31. The van der Waals surface area contributed by atoms with E-state index < -0.39 is 10.9 Å². The van der Waals surface area contributed by atoms with E-state index >= 15 is 0 Å². The Morgan fingerprint density at radius 1 is 1.53 bits per heavy atom. The molecule has 0 fully saturated rings. The highest BCUT2D eigenvalue weighted by atomic mass is 16.6. The average molecular weight is 268 g/mol. The van der Waals surface area contributed by atoms with Gasteiger partial charge in [0.2, 0.25) is 0 Å². The topological polar surface area (TPSA) is 92.9 Å². The molecule has 0 saturated heterocycles. The fourth-order valence-electron chi connectivity index (χ4n) is 1.80. The summed E-state index contributed by atoms with van der Waals surface area (Å²) in [6.45, 7) is 3.22. The first kappa shape index (κ1) is 14.9. The van der Waals surface area contributed by atoms with E-state index in [9.17, 15) is 14.9 Å². The van der Waals surface area contributed by atoms with Crippen molar-refractivity contribution < 1.29 is 19.6 Å². The second-order valence-corrected chi connectivity index (χ2v) is 3.81. The van der Waals surface area contributed by atoms with Gasteiger partial charge in [-0.1, -0.05) is 6.07 Å². The van der Waals surface area contributed by atoms with Crippen molar-refractivity contribution in [2.75, 3.05) is 31.7 Å². The van der Waals surface area contributed by atoms with Crippen LogP contribution in [0.25, 0.3) is 0 Å². The quantitative estimate of drug-likeness (QED) is 0.598. The molecule has 1 rings (SSSR count). The molecule has 19 heavy (non-hydrogen) atoms. The lowest BCUT2D eigenvalue weighted by Gasteiger charge is -2.22. The van der Waals surface area contributed by atoms with Crippen LogP contribution in [0, 0.1) is 10.1 Å². The monoisotopic (exact) mass is 268 g/mol. The lowest BCUT2D eigenvalue weighted by Crippen LogP contribution is -2.28. The first-order chi connectivity index (χ1) is 9.02. The molecular formula is C12H16N2O5. The van der Waals surface area contributed by atoms with Gasteiger partial charge >= 0.3 is 11.7 Å². The molecule has 0 radical (unpaired) electrons. The number of carboxylic acids is 1. The molecule has 0 aliphatic carbocycles. The van der Waals surface area contributed by atoms with E-state index in [0.717, 1.165) is 0 Å². The van der Waals surface area contributed by atoms with Gasteiger partial charge in [-0.2, -0.15) is 0 Å². The molecule has 0 amide bonds. The number of methoxy groups -OCH3 is 1. The summed E-state index contributed by atoms with van der Waals surface area (Å²) < 4.78 is 4.95. The van der Waals surface area contributed by atoms with Crippen LogP contribution in [-0.2, 0) is 4.74 Å². The van der Waals surface area contributed by atoms with Gasteiger partial charge in [0.05, 0.1) is 11.5 Å². The van der Waals surface area contributed by atoms with E-state index in [1.165, 1.54) is 19.2 Å². The zero-order valence-corrected chi connectivity index (χ0v) is 10.8. The van der Waals surface area contributed by atoms with Gasteiger partial charge < -0.3 is 14.7 Å². The number of nitrogens with zero attached hydrogens (tertiary/aromatic N) is 2. The largest absolute Gasteiger partial charge is 0.477 e. The molecule has 0 aliphatic rings. The van der Waals surface area contributed by atoms with E-state index in [0.29, 0.717) is 25.4 Å². The van der Waals surface area contributed by atoms with Crippen molar-refractivity contribution >= 4 is 17.3 Å². The number of hydrogen-bond acceptors (Lipinski definition) is 5. The zero-order chi connectivity index (χ0) is 14.4. The highest BCUT2D eigenvalue weighted by Gasteiger charge is 2.26. The number of nitro groups is 1. The van der Waals surface area contributed by atoms with Crippen LogP contribution in [0.2, 0.25) is 0 Å². The normalized spacial score (nSPS) is 10.2. The molecule has 0 aromatic heterocycles. The van der Waals surface area contributed by atoms with E-state index in [1.807, 2.05) is 6.92 Å². The SMILES string of the molecule is CCN(CCOC)c1cccc(C(=O)O)c1[N+](=O)[O-]. The molecule has 0 saturated carbocycles. The Morgan fingerprint density at radius 2 is 2.21 bits per heavy atom. The lowest BCUT2D eigenvalue weighted by atomic mass is 10.1. The number of hydrogen-bond donors (Lipinski definition) is 1. The van der Waals surface area contributed by atoms with Crippen molar-refractivity contribution in [1.82, 2.24) is 0 Å². The smallest absolute Gasteiger partial charge is 0.342 e. The van der Waals surface area contributed by atoms with Crippen LogP contribution < -0.4 is 4.90 Å². The van der Waals surface area contributed by atoms with Crippen molar-refractivity contribution in [2.45, 2.75) is 6.92 Å². The molecule has 0 aliphatic heterocycles. The predicted molar refractivity (Wildman–Crippen MR) is 69.8 cm³/mol. The average Bonchev–Trinajstić information content (AvgIpc) is 2.38. The standard InChI is InChI=1S/C12H16N2O5/c1-3-13(7-8-19-2)10-6-4-5-9(12(15)16)11(10)14(17)18/h4-6H,3,7-8H2,1-2H3,(H,15,16). The van der Waals surface area contributed by atoms with Gasteiger partial charge in [-0.3, -0.25) is 10.1 Å². The molecule has 7 nitrogen and oxygen atoms in total. The number of anilines is 1. The lowest BCUT2D eigenvalue weighted by molar-refractivity contribution is -0.384. The first-order valence-electron chi connectivity index (χ1n) is 5.77. The third kappa shape index (κ3) is 3.41. The molecule has 1 aromatic carbocycles. The second-order valence-electron chi connectivity index (χ2n) is 3.81. The summed E-state index contributed by atoms with van der Waals surface area (Å²) in [4.78, 5) is 23.2. The molecule has 7 heteroatoms. The number of carboxylic acid groups (broad SMARTS) is 1. The molecular weight excluding hydrogens is 252 g/mol. The molecule has 0 unspecified atom stereocenters. The van der Waals surface area contributed by atoms with Crippen LogP contribution in [0.4, 0.5) is 11.4 Å². The first-order valence-corrected chi connectivity index (χ1v) is 5.77. The minimum atomic E-state index is -1.31. The van der Waals surface area contributed by atoms with E-state index in [-0.39, 0.29) is 11.3 Å². The number of carbonyl (C=O) groups is 1. The van der Waals surface area contributed by atoms with Crippen LogP contribution in [-0.4, -0.2) is 42.8 Å². The summed E-state index contributed by atoms with van der Waals surface area (Å²) in [5, 5.41) is 20.1. The second kappa shape index (κ2) is 6.69. The van der Waals surface area contributed by atoms with Gasteiger partial charge in [0.1, 0.15) is 11.3 Å². The highest BCUT2D eigenvalue weighted by molar-refractivity contribution is 5.95. The predicted octanol–water partition coefficient (Wildman–Crippen LogP) is 1.77. The summed E-state index contributed by atoms with van der Waals surface area (Å²) in [5.74, 6) is -1.31. The van der Waals surface area contributed by atoms with Crippen LogP contribution in [0.3, 0.4) is 0 Å². The van der Waals surface area contributed by atoms with Crippen LogP contribution in [0.5, 0.6) is 0 Å². The number of nitro benzene ring substituents is 1. The van der Waals surface area contributed by atoms with Gasteiger partial charge in [0.25, 0.3) is 0 Å². The van der Waals surface area contributed by atoms with Crippen LogP contribution >= 0.6 is 0 Å². The van der Waals surface area contributed by atoms with Gasteiger partial charge in [0, 0.05) is 20.2 Å². The molecule has 1 N–H and O–H groups in total. The van der Waals surface area contributed by atoms with Crippen molar-refractivity contribution in [1.29, 1.82) is 0 Å². The number of benzene rings is 1. The van der Waals surface area contributed by atoms with Crippen molar-refractivity contribution in [3.05, 3.63) is 33.9 Å². The van der Waals surface area contributed by atoms with Gasteiger partial charge in [-0.25, -0.2) is 4.79 Å². The van der Waals surface area contributed by atoms with Crippen LogP contribution in [0.1, 0.15) is 17.3 Å². The summed E-state index contributed by atoms with van der Waals surface area (Å²) in [6.07, 6.45) is 0. The fraction of sp³-hybridized carbons (Fsp3) is 0.417. The maximum absolute atomic E-state index is 11.1. The van der Waals surface area contributed by atoms with E-state index in [2.05, 4.69) is 0 Å². The minimum absolute atomic E-state index is 0.296. The van der Waals surface area contributed by atoms with Crippen molar-refractivity contribution in [3.63, 3.8) is 0 Å². The summed E-state index contributed by atoms with van der Waals surface area (Å²) in [5.41, 5.74) is -0.393. The Balaban J connectivity index is 3.28. The number of likely N-dealkylation sites (N-methyl/N-ethyl adjacent to an activating group) is 1. The molecule has 104 valence electrons. The Morgan fingerprint density at radius 3 is 2.68 bits per heavy atom. The Hall–Kier alpha value is -2.15. The Bertz CT molecular complexity index is 475. The maximum atomic E-state index is 11.1. The molecule has 0 bridgehead atoms. The minimum Gasteiger partial charge on any atom is -0.477 e. The molecule has 0 heterocycles. The third-order valence-electron chi connectivity index (χ3n) is 2.72. The molecule has 0 atom stereocenters. The Labute approximate surface area is 110 Å². The summed E-state index contributed by atoms with van der Waals surface area (Å²) in [7, 11) is 1.54. The molecule has 1 aromatic rings. The van der Waals surface area contributed by atoms with Gasteiger partial charge in [-0.15, -0.1) is 0 Å². The van der Waals surface area contributed by atoms with Crippen LogP contribution in [0.15, 0.2) is 18.2 Å².